The molecule has 0 saturated carbocycles. The normalized spacial score (nSPS) is 17.9. The molecule has 3 amide bonds. The van der Waals surface area contributed by atoms with Crippen molar-refractivity contribution in [3.63, 3.8) is 0 Å². The minimum absolute atomic E-state index is 0.0247. The first-order valence-corrected chi connectivity index (χ1v) is 11.5. The fraction of sp³-hybridized carbons (Fsp3) is 0.591. The first-order valence-electron chi connectivity index (χ1n) is 10.8. The Kier molecular flexibility index (Phi) is 10.4. The van der Waals surface area contributed by atoms with Crippen LogP contribution in [0, 0.1) is 0 Å². The van der Waals surface area contributed by atoms with Crippen molar-refractivity contribution in [3.05, 3.63) is 35.9 Å². The van der Waals surface area contributed by atoms with Gasteiger partial charge in [0.15, 0.2) is 16.3 Å². The zero-order valence-corrected chi connectivity index (χ0v) is 19.0. The molecule has 0 unspecified atom stereocenters. The van der Waals surface area contributed by atoms with Gasteiger partial charge in [0.1, 0.15) is 12.1 Å². The number of hydrogen-bond acceptors (Lipinski definition) is 4. The third-order valence-corrected chi connectivity index (χ3v) is 5.84. The van der Waals surface area contributed by atoms with E-state index in [-0.39, 0.29) is 22.6 Å². The number of rotatable bonds is 11. The van der Waals surface area contributed by atoms with Gasteiger partial charge in [-0.3, -0.25) is 14.4 Å². The summed E-state index contributed by atoms with van der Waals surface area (Å²) in [5, 5.41) is 5.79. The summed E-state index contributed by atoms with van der Waals surface area (Å²) in [6.45, 7) is 2.62. The van der Waals surface area contributed by atoms with E-state index in [9.17, 15) is 14.4 Å². The number of unbranched alkanes of at least 4 members (excludes halogenated alkanes) is 2. The molecule has 1 aliphatic heterocycles. The third kappa shape index (κ3) is 7.75. The van der Waals surface area contributed by atoms with Crippen LogP contribution in [0.1, 0.15) is 51.0 Å². The highest BCUT2D eigenvalue weighted by Gasteiger charge is 2.37. The molecular formula is C22H33AlN4O3. The Hall–Kier alpha value is -1.88. The van der Waals surface area contributed by atoms with Gasteiger partial charge < -0.3 is 21.3 Å². The van der Waals surface area contributed by atoms with Gasteiger partial charge in [-0.05, 0) is 42.7 Å². The molecule has 0 spiro atoms. The molecule has 2 rings (SSSR count). The summed E-state index contributed by atoms with van der Waals surface area (Å²) < 4.78 is 0. The molecule has 162 valence electrons. The molecule has 1 fully saturated rings. The molecule has 7 nitrogen and oxygen atoms in total. The van der Waals surface area contributed by atoms with Crippen LogP contribution < -0.4 is 16.4 Å². The standard InChI is InChI=1S/C22H33N4O3.Al/c1-17(27)25-19(16-18-10-5-4-6-11-18)22(29)26-15-9-12-20(26)21(28)24-14-8-3-2-7-13-23;/h4-6,10-11,14,19-20H,2-3,7-9,12-13,15-16,23H2,1H3,(H,24,28)(H,25,27);/t19-,20+;/m1./s1. The second kappa shape index (κ2) is 12.7. The van der Waals surface area contributed by atoms with Crippen molar-refractivity contribution in [2.45, 2.75) is 68.9 Å². The minimum Gasteiger partial charge on any atom is -0.368 e. The second-order valence-electron chi connectivity index (χ2n) is 7.89. The van der Waals surface area contributed by atoms with E-state index in [2.05, 4.69) is 26.9 Å². The average Bonchev–Trinajstić information content (AvgIpc) is 3.20. The van der Waals surface area contributed by atoms with Gasteiger partial charge >= 0.3 is 0 Å². The Morgan fingerprint density at radius 3 is 2.57 bits per heavy atom. The molecular weight excluding hydrogens is 395 g/mol. The highest BCUT2D eigenvalue weighted by atomic mass is 27.0. The smallest absolute Gasteiger partial charge is 0.246 e. The van der Waals surface area contributed by atoms with Crippen LogP contribution in [0.5, 0.6) is 0 Å². The lowest BCUT2D eigenvalue weighted by molar-refractivity contribution is -0.141. The number of benzene rings is 1. The fourth-order valence-electron chi connectivity index (χ4n) is 3.83. The van der Waals surface area contributed by atoms with Gasteiger partial charge in [-0.1, -0.05) is 43.2 Å². The van der Waals surface area contributed by atoms with E-state index in [1.54, 1.807) is 4.90 Å². The van der Waals surface area contributed by atoms with E-state index < -0.39 is 12.1 Å². The Bertz CT molecular complexity index is 701. The van der Waals surface area contributed by atoms with Crippen molar-refractivity contribution in [1.82, 2.24) is 15.5 Å². The molecule has 1 aliphatic rings. The van der Waals surface area contributed by atoms with Gasteiger partial charge in [0.05, 0.1) is 0 Å². The number of carbonyl (C=O) groups is 3. The van der Waals surface area contributed by atoms with Crippen LogP contribution in [0.15, 0.2) is 30.3 Å². The predicted molar refractivity (Wildman–Crippen MR) is 118 cm³/mol. The van der Waals surface area contributed by atoms with E-state index in [0.29, 0.717) is 25.9 Å². The quantitative estimate of drug-likeness (QED) is 0.359. The lowest BCUT2D eigenvalue weighted by Gasteiger charge is -2.29. The van der Waals surface area contributed by atoms with E-state index in [1.807, 2.05) is 30.3 Å². The van der Waals surface area contributed by atoms with Crippen LogP contribution in [-0.2, 0) is 20.8 Å². The predicted octanol–water partition coefficient (Wildman–Crippen LogP) is 0.855. The fourth-order valence-corrected chi connectivity index (χ4v) is 4.23. The molecule has 1 aromatic carbocycles. The lowest BCUT2D eigenvalue weighted by Crippen LogP contribution is -2.55. The SMILES string of the molecule is CC(=O)N[C@H](Cc1ccccc1)C(=O)N1CCC[C@H]1C(=O)N[C@H]([Al])CCCCCN. The number of amides is 3. The zero-order chi connectivity index (χ0) is 21.9. The van der Waals surface area contributed by atoms with Gasteiger partial charge in [0, 0.05) is 19.9 Å². The lowest BCUT2D eigenvalue weighted by atomic mass is 10.0. The number of likely N-dealkylation sites (tertiary alicyclic amines) is 1. The molecule has 1 aromatic rings. The Morgan fingerprint density at radius 1 is 1.17 bits per heavy atom. The highest BCUT2D eigenvalue weighted by molar-refractivity contribution is 6.13. The first kappa shape index (κ1) is 24.4. The van der Waals surface area contributed by atoms with Crippen LogP contribution in [0.25, 0.3) is 0 Å². The van der Waals surface area contributed by atoms with Crippen LogP contribution in [0.4, 0.5) is 0 Å². The second-order valence-corrected chi connectivity index (χ2v) is 8.69. The summed E-state index contributed by atoms with van der Waals surface area (Å²) in [6.07, 6.45) is 5.71. The molecule has 30 heavy (non-hydrogen) atoms. The molecule has 1 saturated heterocycles. The summed E-state index contributed by atoms with van der Waals surface area (Å²) in [4.78, 5) is 39.4. The van der Waals surface area contributed by atoms with Crippen LogP contribution >= 0.6 is 0 Å². The number of nitrogens with one attached hydrogen (secondary N) is 2. The Balaban J connectivity index is 1.99. The summed E-state index contributed by atoms with van der Waals surface area (Å²) in [7, 11) is 0. The van der Waals surface area contributed by atoms with E-state index in [0.717, 1.165) is 37.7 Å². The minimum atomic E-state index is -0.679. The van der Waals surface area contributed by atoms with E-state index in [4.69, 9.17) is 5.73 Å². The molecule has 8 heteroatoms. The maximum Gasteiger partial charge on any atom is 0.246 e. The Morgan fingerprint density at radius 2 is 1.90 bits per heavy atom. The highest BCUT2D eigenvalue weighted by Crippen LogP contribution is 2.20. The zero-order valence-electron chi connectivity index (χ0n) is 17.8. The summed E-state index contributed by atoms with van der Waals surface area (Å²) in [5.74, 6) is -0.581. The molecule has 4 N–H and O–H groups in total. The number of nitrogens with zero attached hydrogens (tertiary/aromatic N) is 1. The third-order valence-electron chi connectivity index (χ3n) is 5.34. The molecule has 0 aromatic heterocycles. The largest absolute Gasteiger partial charge is 0.368 e. The average molecular weight is 429 g/mol. The molecule has 0 aliphatic carbocycles. The van der Waals surface area contributed by atoms with Gasteiger partial charge in [-0.15, -0.1) is 0 Å². The van der Waals surface area contributed by atoms with Crippen molar-refractivity contribution in [2.24, 2.45) is 5.73 Å². The van der Waals surface area contributed by atoms with E-state index >= 15 is 0 Å². The summed E-state index contributed by atoms with van der Waals surface area (Å²) >= 11 is 2.67. The first-order chi connectivity index (χ1) is 14.4. The number of hydrogen-bond donors (Lipinski definition) is 3. The van der Waals surface area contributed by atoms with Crippen molar-refractivity contribution in [2.75, 3.05) is 13.1 Å². The summed E-state index contributed by atoms with van der Waals surface area (Å²) in [6, 6.07) is 8.42. The molecule has 2 radical (unpaired) electrons. The molecule has 0 bridgehead atoms. The van der Waals surface area contributed by atoms with Gasteiger partial charge in [0.2, 0.25) is 17.7 Å². The van der Waals surface area contributed by atoms with Gasteiger partial charge in [-0.25, -0.2) is 0 Å². The number of nitrogens with two attached hydrogens (primary N) is 1. The maximum absolute atomic E-state index is 13.2. The van der Waals surface area contributed by atoms with Crippen LogP contribution in [0.2, 0.25) is 0 Å². The van der Waals surface area contributed by atoms with Crippen molar-refractivity contribution >= 4 is 34.0 Å². The molecule has 1 heterocycles. The summed E-state index contributed by atoms with van der Waals surface area (Å²) in [5.41, 5.74) is 6.48. The van der Waals surface area contributed by atoms with Gasteiger partial charge in [-0.2, -0.15) is 0 Å². The maximum atomic E-state index is 13.2. The van der Waals surface area contributed by atoms with Crippen molar-refractivity contribution in [1.29, 1.82) is 0 Å². The van der Waals surface area contributed by atoms with Crippen molar-refractivity contribution < 1.29 is 14.4 Å². The number of carbonyl (C=O) groups excluding carboxylic acids is 3. The monoisotopic (exact) mass is 428 g/mol. The topological polar surface area (TPSA) is 105 Å². The van der Waals surface area contributed by atoms with E-state index in [1.165, 1.54) is 6.92 Å². The van der Waals surface area contributed by atoms with Crippen LogP contribution in [0.3, 0.4) is 0 Å². The molecule has 3 atom stereocenters. The van der Waals surface area contributed by atoms with Crippen LogP contribution in [-0.4, -0.2) is 69.0 Å². The van der Waals surface area contributed by atoms with Gasteiger partial charge in [0.25, 0.3) is 0 Å². The Labute approximate surface area is 187 Å². The van der Waals surface area contributed by atoms with Crippen molar-refractivity contribution in [3.8, 4) is 0 Å².